The molecule has 3 rings (SSSR count). The van der Waals surface area contributed by atoms with Crippen molar-refractivity contribution in [2.75, 3.05) is 19.8 Å². The van der Waals surface area contributed by atoms with Gasteiger partial charge in [0.2, 0.25) is 11.8 Å². The molecule has 0 saturated carbocycles. The molecule has 0 spiro atoms. The fourth-order valence-electron chi connectivity index (χ4n) is 10.8. The van der Waals surface area contributed by atoms with Gasteiger partial charge in [-0.25, -0.2) is 0 Å². The lowest BCUT2D eigenvalue weighted by molar-refractivity contribution is -0.366. The zero-order valence-electron chi connectivity index (χ0n) is 46.6. The van der Waals surface area contributed by atoms with E-state index in [4.69, 9.17) is 23.7 Å². The van der Waals surface area contributed by atoms with Crippen LogP contribution in [0.25, 0.3) is 0 Å². The minimum Gasteiger partial charge on any atom is -0.394 e. The average Bonchev–Trinajstić information content (AvgIpc) is 3.40. The van der Waals surface area contributed by atoms with Gasteiger partial charge >= 0.3 is 0 Å². The third-order valence-electron chi connectivity index (χ3n) is 15.4. The fraction of sp³-hybridized carbons (Fsp3) is 0.930. The van der Waals surface area contributed by atoms with Gasteiger partial charge in [-0.15, -0.1) is 0 Å². The van der Waals surface area contributed by atoms with Crippen molar-refractivity contribution >= 4 is 11.8 Å². The lowest BCUT2D eigenvalue weighted by Gasteiger charge is -2.49. The maximum Gasteiger partial charge on any atom is 0.220 e. The summed E-state index contributed by atoms with van der Waals surface area (Å²) in [6, 6.07) is -2.17. The molecule has 0 aromatic heterocycles. The van der Waals surface area contributed by atoms with Crippen molar-refractivity contribution < 1.29 is 84.3 Å². The molecule has 3 aliphatic heterocycles. The standard InChI is InChI=1S/C57H106N2O17/c1-4-6-8-10-12-14-16-18-19-21-23-25-27-29-31-33-46(65)59-40(34-41(64)32-30-28-26-24-22-20-17-15-13-11-9-7-5-2)35-42-48(66)52(70)54(45(38-62)72-42)75-57-53(71)55(50(68)44(37-61)74-57)76-56-47(58-39(3)63)51(69)49(67)43(36-60)73-56/h30,32,40-45,47-57,60-62,64,66-71H,4-29,31,33-38H2,1-3H3,(H,58,63)(H,59,65)/b32-30+/t40-,41-,42-,43+,44+,45+,47+,48-,49+,50+,51+,52+,53-,54+,55-,56-,57-/m0/s1. The predicted octanol–water partition coefficient (Wildman–Crippen LogP) is 4.77. The highest BCUT2D eigenvalue weighted by molar-refractivity contribution is 5.76. The molecule has 17 atom stereocenters. The summed E-state index contributed by atoms with van der Waals surface area (Å²) in [6.45, 7) is 3.24. The maximum atomic E-state index is 13.5. The molecule has 2 amide bonds. The molecule has 446 valence electrons. The normalized spacial score (nSPS) is 30.9. The van der Waals surface area contributed by atoms with Crippen molar-refractivity contribution in [2.45, 2.75) is 317 Å². The van der Waals surface area contributed by atoms with Crippen LogP contribution in [0.3, 0.4) is 0 Å². The molecule has 12 N–H and O–H groups in total. The second kappa shape index (κ2) is 40.3. The monoisotopic (exact) mass is 1090 g/mol. The molecule has 3 saturated heterocycles. The summed E-state index contributed by atoms with van der Waals surface area (Å²) >= 11 is 0. The number of nitrogens with one attached hydrogen (secondary N) is 2. The van der Waals surface area contributed by atoms with E-state index in [-0.39, 0.29) is 25.2 Å². The summed E-state index contributed by atoms with van der Waals surface area (Å²) in [5, 5.41) is 114. The number of unbranched alkanes of at least 4 members (excludes halogenated alkanes) is 25. The number of aliphatic hydroxyl groups is 10. The van der Waals surface area contributed by atoms with E-state index in [0.29, 0.717) is 6.42 Å². The van der Waals surface area contributed by atoms with Gasteiger partial charge in [0.1, 0.15) is 73.2 Å². The molecule has 19 heteroatoms. The number of hydrogen-bond donors (Lipinski definition) is 12. The Labute approximate surface area is 454 Å². The molecule has 0 bridgehead atoms. The molecule has 3 aliphatic rings. The van der Waals surface area contributed by atoms with Crippen LogP contribution in [0.1, 0.15) is 213 Å². The predicted molar refractivity (Wildman–Crippen MR) is 288 cm³/mol. The summed E-state index contributed by atoms with van der Waals surface area (Å²) in [6.07, 6.45) is 12.6. The number of ether oxygens (including phenoxy) is 5. The van der Waals surface area contributed by atoms with Crippen LogP contribution in [-0.4, -0.2) is 187 Å². The van der Waals surface area contributed by atoms with Gasteiger partial charge in [-0.3, -0.25) is 9.59 Å². The van der Waals surface area contributed by atoms with E-state index in [1.54, 1.807) is 6.08 Å². The first-order valence-electron chi connectivity index (χ1n) is 29.8. The summed E-state index contributed by atoms with van der Waals surface area (Å²) in [5.41, 5.74) is 0. The van der Waals surface area contributed by atoms with E-state index >= 15 is 0 Å². The summed E-state index contributed by atoms with van der Waals surface area (Å²) in [4.78, 5) is 25.5. The Morgan fingerprint density at radius 2 is 0.961 bits per heavy atom. The SMILES string of the molecule is CCCCCCCCCCCCC/C=C/[C@H](O)C[C@@H](C[C@@H]1O[C@H](CO)[C@@H](O[C@@H]2O[C@H](CO)[C@@H](O)[C@H](O[C@@H]3O[C@H](CO)[C@@H](O)[C@H](O)[C@H]3NC(C)=O)[C@@H]2O)[C@H](O)[C@H]1O)NC(=O)CCCCCCCCCCCCCCCCC. The molecule has 3 fully saturated rings. The van der Waals surface area contributed by atoms with Crippen LogP contribution in [0, 0.1) is 0 Å². The van der Waals surface area contributed by atoms with Crippen LogP contribution in [0.15, 0.2) is 12.2 Å². The minimum absolute atomic E-state index is 0.0565. The summed E-state index contributed by atoms with van der Waals surface area (Å²) in [5.74, 6) is -0.873. The van der Waals surface area contributed by atoms with E-state index in [1.807, 2.05) is 6.08 Å². The number of carbonyl (C=O) groups is 2. The Balaban J connectivity index is 1.61. The number of allylic oxidation sites excluding steroid dienone is 1. The maximum absolute atomic E-state index is 13.5. The third kappa shape index (κ3) is 25.3. The van der Waals surface area contributed by atoms with E-state index < -0.39 is 130 Å². The first-order valence-corrected chi connectivity index (χ1v) is 29.8. The van der Waals surface area contributed by atoms with Gasteiger partial charge in [0.05, 0.1) is 32.0 Å². The minimum atomic E-state index is -1.95. The number of aliphatic hydroxyl groups excluding tert-OH is 10. The molecule has 19 nitrogen and oxygen atoms in total. The quantitative estimate of drug-likeness (QED) is 0.0290. The van der Waals surface area contributed by atoms with Crippen molar-refractivity contribution in [3.05, 3.63) is 12.2 Å². The Morgan fingerprint density at radius 3 is 1.46 bits per heavy atom. The van der Waals surface area contributed by atoms with Crippen LogP contribution in [-0.2, 0) is 33.3 Å². The molecular formula is C57H106N2O17. The van der Waals surface area contributed by atoms with Gasteiger partial charge in [0, 0.05) is 19.4 Å². The summed E-state index contributed by atoms with van der Waals surface area (Å²) < 4.78 is 29.4. The van der Waals surface area contributed by atoms with Crippen LogP contribution in [0.2, 0.25) is 0 Å². The van der Waals surface area contributed by atoms with E-state index in [1.165, 1.54) is 128 Å². The largest absolute Gasteiger partial charge is 0.394 e. The van der Waals surface area contributed by atoms with Gasteiger partial charge in [0.25, 0.3) is 0 Å². The average molecular weight is 1090 g/mol. The third-order valence-corrected chi connectivity index (χ3v) is 15.4. The van der Waals surface area contributed by atoms with Gasteiger partial charge in [-0.2, -0.15) is 0 Å². The Hall–Kier alpha value is -1.92. The molecule has 0 aromatic carbocycles. The highest BCUT2D eigenvalue weighted by atomic mass is 16.7. The van der Waals surface area contributed by atoms with Gasteiger partial charge in [-0.1, -0.05) is 180 Å². The number of rotatable bonds is 42. The second-order valence-electron chi connectivity index (χ2n) is 22.0. The van der Waals surface area contributed by atoms with Crippen LogP contribution < -0.4 is 10.6 Å². The van der Waals surface area contributed by atoms with Crippen LogP contribution in [0.5, 0.6) is 0 Å². The second-order valence-corrected chi connectivity index (χ2v) is 22.0. The highest BCUT2D eigenvalue weighted by Crippen LogP contribution is 2.34. The smallest absolute Gasteiger partial charge is 0.220 e. The van der Waals surface area contributed by atoms with Crippen molar-refractivity contribution in [1.29, 1.82) is 0 Å². The van der Waals surface area contributed by atoms with Crippen molar-refractivity contribution in [3.63, 3.8) is 0 Å². The van der Waals surface area contributed by atoms with E-state index in [2.05, 4.69) is 24.5 Å². The van der Waals surface area contributed by atoms with E-state index in [9.17, 15) is 60.7 Å². The molecule has 0 unspecified atom stereocenters. The van der Waals surface area contributed by atoms with Gasteiger partial charge in [-0.05, 0) is 32.1 Å². The number of hydrogen-bond acceptors (Lipinski definition) is 17. The lowest BCUT2D eigenvalue weighted by atomic mass is 9.89. The Kier molecular flexibility index (Phi) is 36.2. The highest BCUT2D eigenvalue weighted by Gasteiger charge is 2.54. The Bertz CT molecular complexity index is 1520. The topological polar surface area (TPSA) is 307 Å². The first kappa shape index (κ1) is 68.4. The molecule has 0 aliphatic carbocycles. The van der Waals surface area contributed by atoms with E-state index in [0.717, 1.165) is 45.4 Å². The van der Waals surface area contributed by atoms with Crippen LogP contribution >= 0.6 is 0 Å². The van der Waals surface area contributed by atoms with Crippen molar-refractivity contribution in [2.24, 2.45) is 0 Å². The number of carbonyl (C=O) groups excluding carboxylic acids is 2. The Morgan fingerprint density at radius 1 is 0.513 bits per heavy atom. The molecule has 3 heterocycles. The molecule has 76 heavy (non-hydrogen) atoms. The zero-order chi connectivity index (χ0) is 55.7. The zero-order valence-corrected chi connectivity index (χ0v) is 46.6. The lowest BCUT2D eigenvalue weighted by Crippen LogP contribution is -2.68. The van der Waals surface area contributed by atoms with Gasteiger partial charge < -0.3 is 85.4 Å². The molecular weight excluding hydrogens is 985 g/mol. The fourth-order valence-corrected chi connectivity index (χ4v) is 10.8. The molecule has 0 radical (unpaired) electrons. The number of amides is 2. The summed E-state index contributed by atoms with van der Waals surface area (Å²) in [7, 11) is 0. The van der Waals surface area contributed by atoms with Crippen molar-refractivity contribution in [3.8, 4) is 0 Å². The van der Waals surface area contributed by atoms with Crippen LogP contribution in [0.4, 0.5) is 0 Å². The molecule has 0 aromatic rings. The first-order chi connectivity index (χ1) is 36.7. The van der Waals surface area contributed by atoms with Gasteiger partial charge in [0.15, 0.2) is 12.6 Å². The van der Waals surface area contributed by atoms with Crippen molar-refractivity contribution in [1.82, 2.24) is 10.6 Å².